The SMILES string of the molecule is Cl/C=C/CNCc1cccc(CCl)c1. The van der Waals surface area contributed by atoms with Gasteiger partial charge in [-0.3, -0.25) is 0 Å². The summed E-state index contributed by atoms with van der Waals surface area (Å²) in [5.74, 6) is 0.565. The summed E-state index contributed by atoms with van der Waals surface area (Å²) in [6, 6.07) is 8.22. The number of rotatable bonds is 5. The molecule has 1 N–H and O–H groups in total. The highest BCUT2D eigenvalue weighted by molar-refractivity contribution is 6.25. The highest BCUT2D eigenvalue weighted by Gasteiger charge is 1.93. The molecule has 0 aliphatic rings. The average molecular weight is 230 g/mol. The molecule has 0 bridgehead atoms. The molecule has 0 aliphatic carbocycles. The van der Waals surface area contributed by atoms with E-state index in [-0.39, 0.29) is 0 Å². The van der Waals surface area contributed by atoms with Crippen LogP contribution < -0.4 is 5.32 Å². The third-order valence-corrected chi connectivity index (χ3v) is 2.31. The second-order valence-electron chi connectivity index (χ2n) is 2.95. The Morgan fingerprint density at radius 2 is 2.07 bits per heavy atom. The second kappa shape index (κ2) is 6.88. The molecule has 0 unspecified atom stereocenters. The third-order valence-electron chi connectivity index (χ3n) is 1.83. The average Bonchev–Trinajstić information content (AvgIpc) is 2.25. The molecule has 0 saturated carbocycles. The summed E-state index contributed by atoms with van der Waals surface area (Å²) in [6.45, 7) is 1.63. The molecule has 76 valence electrons. The molecule has 1 rings (SSSR count). The minimum Gasteiger partial charge on any atom is -0.309 e. The Morgan fingerprint density at radius 3 is 2.79 bits per heavy atom. The lowest BCUT2D eigenvalue weighted by Crippen LogP contribution is -2.12. The van der Waals surface area contributed by atoms with E-state index < -0.39 is 0 Å². The van der Waals surface area contributed by atoms with Crippen molar-refractivity contribution in [3.05, 3.63) is 47.0 Å². The molecule has 0 amide bonds. The normalized spacial score (nSPS) is 11.0. The molecular formula is C11H13Cl2N. The van der Waals surface area contributed by atoms with Gasteiger partial charge in [0.2, 0.25) is 0 Å². The summed E-state index contributed by atoms with van der Waals surface area (Å²) in [4.78, 5) is 0. The number of benzene rings is 1. The Hall–Kier alpha value is -0.500. The maximum Gasteiger partial charge on any atom is 0.0474 e. The Morgan fingerprint density at radius 1 is 1.29 bits per heavy atom. The summed E-state index contributed by atoms with van der Waals surface area (Å²) in [5, 5.41) is 3.24. The first-order valence-corrected chi connectivity index (χ1v) is 5.43. The Balaban J connectivity index is 2.42. The molecule has 14 heavy (non-hydrogen) atoms. The van der Waals surface area contributed by atoms with Gasteiger partial charge < -0.3 is 5.32 Å². The van der Waals surface area contributed by atoms with Crippen molar-refractivity contribution < 1.29 is 0 Å². The fourth-order valence-electron chi connectivity index (χ4n) is 1.17. The van der Waals surface area contributed by atoms with Crippen LogP contribution in [0.25, 0.3) is 0 Å². The van der Waals surface area contributed by atoms with Crippen LogP contribution in [0.3, 0.4) is 0 Å². The quantitative estimate of drug-likeness (QED) is 0.604. The maximum absolute atomic E-state index is 5.73. The van der Waals surface area contributed by atoms with Crippen LogP contribution in [-0.4, -0.2) is 6.54 Å². The van der Waals surface area contributed by atoms with Crippen LogP contribution in [0.15, 0.2) is 35.9 Å². The van der Waals surface area contributed by atoms with Gasteiger partial charge in [0.05, 0.1) is 0 Å². The first kappa shape index (κ1) is 11.6. The molecule has 0 aromatic heterocycles. The zero-order valence-electron chi connectivity index (χ0n) is 7.84. The van der Waals surface area contributed by atoms with Crippen LogP contribution >= 0.6 is 23.2 Å². The number of hydrogen-bond donors (Lipinski definition) is 1. The highest BCUT2D eigenvalue weighted by Crippen LogP contribution is 2.07. The first-order chi connectivity index (χ1) is 6.86. The first-order valence-electron chi connectivity index (χ1n) is 4.46. The van der Waals surface area contributed by atoms with E-state index in [1.165, 1.54) is 11.1 Å². The van der Waals surface area contributed by atoms with E-state index >= 15 is 0 Å². The van der Waals surface area contributed by atoms with Crippen LogP contribution in [0.1, 0.15) is 11.1 Å². The molecule has 0 radical (unpaired) electrons. The minimum absolute atomic E-state index is 0.565. The molecule has 0 saturated heterocycles. The molecule has 0 fully saturated rings. The highest BCUT2D eigenvalue weighted by atomic mass is 35.5. The predicted octanol–water partition coefficient (Wildman–Crippen LogP) is 3.27. The van der Waals surface area contributed by atoms with Crippen LogP contribution in [0.4, 0.5) is 0 Å². The lowest BCUT2D eigenvalue weighted by Gasteiger charge is -2.03. The van der Waals surface area contributed by atoms with Crippen molar-refractivity contribution in [3.8, 4) is 0 Å². The number of alkyl halides is 1. The van der Waals surface area contributed by atoms with Gasteiger partial charge in [-0.2, -0.15) is 0 Å². The van der Waals surface area contributed by atoms with E-state index in [1.54, 1.807) is 0 Å². The van der Waals surface area contributed by atoms with Gasteiger partial charge in [-0.25, -0.2) is 0 Å². The van der Waals surface area contributed by atoms with E-state index in [2.05, 4.69) is 17.4 Å². The second-order valence-corrected chi connectivity index (χ2v) is 3.47. The third kappa shape index (κ3) is 4.14. The lowest BCUT2D eigenvalue weighted by atomic mass is 10.1. The van der Waals surface area contributed by atoms with Crippen LogP contribution in [0.5, 0.6) is 0 Å². The van der Waals surface area contributed by atoms with Crippen molar-refractivity contribution in [1.82, 2.24) is 5.32 Å². The monoisotopic (exact) mass is 229 g/mol. The van der Waals surface area contributed by atoms with E-state index in [4.69, 9.17) is 23.2 Å². The molecule has 0 aliphatic heterocycles. The smallest absolute Gasteiger partial charge is 0.0474 e. The molecule has 1 aromatic rings. The summed E-state index contributed by atoms with van der Waals surface area (Å²) in [6.07, 6.45) is 1.87. The minimum atomic E-state index is 0.565. The lowest BCUT2D eigenvalue weighted by molar-refractivity contribution is 0.759. The van der Waals surface area contributed by atoms with Crippen LogP contribution in [-0.2, 0) is 12.4 Å². The van der Waals surface area contributed by atoms with Crippen molar-refractivity contribution in [1.29, 1.82) is 0 Å². The molecule has 0 spiro atoms. The Bertz CT molecular complexity index is 297. The van der Waals surface area contributed by atoms with Gasteiger partial charge in [0.1, 0.15) is 0 Å². The van der Waals surface area contributed by atoms with Gasteiger partial charge >= 0.3 is 0 Å². The summed E-state index contributed by atoms with van der Waals surface area (Å²) >= 11 is 11.1. The van der Waals surface area contributed by atoms with Gasteiger partial charge in [0.15, 0.2) is 0 Å². The van der Waals surface area contributed by atoms with Crippen molar-refractivity contribution in [2.24, 2.45) is 0 Å². The van der Waals surface area contributed by atoms with Gasteiger partial charge in [0.25, 0.3) is 0 Å². The molecule has 3 heteroatoms. The van der Waals surface area contributed by atoms with Gasteiger partial charge in [-0.15, -0.1) is 11.6 Å². The standard InChI is InChI=1S/C11H13Cl2N/c12-5-2-6-14-9-11-4-1-3-10(7-11)8-13/h1-5,7,14H,6,8-9H2/b5-2+. The van der Waals surface area contributed by atoms with Crippen molar-refractivity contribution in [2.45, 2.75) is 12.4 Å². The zero-order valence-corrected chi connectivity index (χ0v) is 9.35. The van der Waals surface area contributed by atoms with E-state index in [1.807, 2.05) is 18.2 Å². The number of halogens is 2. The number of hydrogen-bond acceptors (Lipinski definition) is 1. The fraction of sp³-hybridized carbons (Fsp3) is 0.273. The fourth-order valence-corrected chi connectivity index (χ4v) is 1.42. The molecule has 0 heterocycles. The van der Waals surface area contributed by atoms with E-state index in [0.29, 0.717) is 5.88 Å². The topological polar surface area (TPSA) is 12.0 Å². The van der Waals surface area contributed by atoms with Crippen molar-refractivity contribution in [2.75, 3.05) is 6.54 Å². The van der Waals surface area contributed by atoms with E-state index in [9.17, 15) is 0 Å². The van der Waals surface area contributed by atoms with Gasteiger partial charge in [-0.05, 0) is 11.1 Å². The van der Waals surface area contributed by atoms with Gasteiger partial charge in [0, 0.05) is 24.5 Å². The predicted molar refractivity (Wildman–Crippen MR) is 62.7 cm³/mol. The molecule has 1 nitrogen and oxygen atoms in total. The molecular weight excluding hydrogens is 217 g/mol. The Kier molecular flexibility index (Phi) is 5.69. The largest absolute Gasteiger partial charge is 0.309 e. The Labute approximate surface area is 94.7 Å². The van der Waals surface area contributed by atoms with Gasteiger partial charge in [-0.1, -0.05) is 41.9 Å². The van der Waals surface area contributed by atoms with Crippen LogP contribution in [0, 0.1) is 0 Å². The molecule has 1 aromatic carbocycles. The van der Waals surface area contributed by atoms with Crippen molar-refractivity contribution >= 4 is 23.2 Å². The van der Waals surface area contributed by atoms with Crippen LogP contribution in [0.2, 0.25) is 0 Å². The zero-order chi connectivity index (χ0) is 10.2. The van der Waals surface area contributed by atoms with Crippen molar-refractivity contribution in [3.63, 3.8) is 0 Å². The summed E-state index contributed by atoms with van der Waals surface area (Å²) < 4.78 is 0. The summed E-state index contributed by atoms with van der Waals surface area (Å²) in [7, 11) is 0. The van der Waals surface area contributed by atoms with E-state index in [0.717, 1.165) is 18.7 Å². The molecule has 0 atom stereocenters. The summed E-state index contributed by atoms with van der Waals surface area (Å²) in [5.41, 5.74) is 3.91. The maximum atomic E-state index is 5.73. The number of nitrogens with one attached hydrogen (secondary N) is 1.